The minimum absolute atomic E-state index is 0.116. The first-order valence-electron chi connectivity index (χ1n) is 12.0. The summed E-state index contributed by atoms with van der Waals surface area (Å²) in [6, 6.07) is 21.0. The van der Waals surface area contributed by atoms with Gasteiger partial charge in [0.25, 0.3) is 10.0 Å². The monoisotopic (exact) mass is 518 g/mol. The Balaban J connectivity index is 1.51. The summed E-state index contributed by atoms with van der Waals surface area (Å²) in [4.78, 5) is 17.3. The van der Waals surface area contributed by atoms with Crippen LogP contribution in [0, 0.1) is 13.8 Å². The van der Waals surface area contributed by atoms with Crippen molar-refractivity contribution >= 4 is 21.6 Å². The highest BCUT2D eigenvalue weighted by atomic mass is 32.2. The molecule has 1 amide bonds. The van der Waals surface area contributed by atoms with Gasteiger partial charge in [0.2, 0.25) is 5.91 Å². The highest BCUT2D eigenvalue weighted by Gasteiger charge is 2.27. The van der Waals surface area contributed by atoms with Crippen molar-refractivity contribution in [1.29, 1.82) is 0 Å². The molecule has 37 heavy (non-hydrogen) atoms. The third kappa shape index (κ3) is 6.18. The summed E-state index contributed by atoms with van der Waals surface area (Å²) in [5.74, 6) is 1.09. The topological polar surface area (TPSA) is 93.5 Å². The van der Waals surface area contributed by atoms with Gasteiger partial charge in [-0.2, -0.15) is 0 Å². The van der Waals surface area contributed by atoms with Gasteiger partial charge in [-0.3, -0.25) is 9.10 Å². The molecular weight excluding hydrogens is 488 g/mol. The summed E-state index contributed by atoms with van der Waals surface area (Å²) in [5.41, 5.74) is 3.18. The van der Waals surface area contributed by atoms with Crippen LogP contribution in [0.2, 0.25) is 0 Å². The summed E-state index contributed by atoms with van der Waals surface area (Å²) >= 11 is 0. The molecule has 4 rings (SSSR count). The molecule has 0 aliphatic heterocycles. The Bertz CT molecular complexity index is 1450. The SMILES string of the molecule is CCOc1ccc(N(CC(=O)NCc2ccc(-n3ccnc3C)cc2)S(=O)(=O)c2ccc(C)cc2)cc1. The molecule has 1 heterocycles. The van der Waals surface area contributed by atoms with Crippen LogP contribution in [0.5, 0.6) is 5.75 Å². The maximum Gasteiger partial charge on any atom is 0.264 e. The predicted octanol–water partition coefficient (Wildman–Crippen LogP) is 4.40. The fraction of sp³-hybridized carbons (Fsp3) is 0.214. The molecule has 0 atom stereocenters. The lowest BCUT2D eigenvalue weighted by Gasteiger charge is -2.24. The van der Waals surface area contributed by atoms with Crippen molar-refractivity contribution in [3.63, 3.8) is 0 Å². The third-order valence-corrected chi connectivity index (χ3v) is 7.65. The lowest BCUT2D eigenvalue weighted by Crippen LogP contribution is -2.40. The smallest absolute Gasteiger partial charge is 0.264 e. The molecule has 0 radical (unpaired) electrons. The fourth-order valence-electron chi connectivity index (χ4n) is 3.84. The van der Waals surface area contributed by atoms with Crippen LogP contribution in [0.1, 0.15) is 23.9 Å². The van der Waals surface area contributed by atoms with Crippen molar-refractivity contribution in [3.8, 4) is 11.4 Å². The molecule has 0 unspecified atom stereocenters. The van der Waals surface area contributed by atoms with E-state index in [1.807, 2.05) is 55.8 Å². The summed E-state index contributed by atoms with van der Waals surface area (Å²) in [6.45, 7) is 6.08. The second-order valence-electron chi connectivity index (χ2n) is 8.54. The van der Waals surface area contributed by atoms with Crippen molar-refractivity contribution in [2.24, 2.45) is 0 Å². The molecule has 0 aliphatic carbocycles. The fourth-order valence-corrected chi connectivity index (χ4v) is 5.26. The maximum absolute atomic E-state index is 13.5. The quantitative estimate of drug-likeness (QED) is 0.336. The summed E-state index contributed by atoms with van der Waals surface area (Å²) in [5, 5.41) is 2.84. The minimum Gasteiger partial charge on any atom is -0.494 e. The van der Waals surface area contributed by atoms with Crippen molar-refractivity contribution in [2.75, 3.05) is 17.5 Å². The number of carbonyl (C=O) groups is 1. The van der Waals surface area contributed by atoms with Gasteiger partial charge in [0, 0.05) is 24.6 Å². The molecule has 0 saturated heterocycles. The standard InChI is InChI=1S/C28H30N4O4S/c1-4-36-26-13-11-25(12-14-26)32(37(34,35)27-15-5-21(2)6-16-27)20-28(33)30-19-23-7-9-24(10-8-23)31-18-17-29-22(31)3/h5-18H,4,19-20H2,1-3H3,(H,30,33). The van der Waals surface area contributed by atoms with Crippen molar-refractivity contribution < 1.29 is 17.9 Å². The molecule has 4 aromatic rings. The molecule has 192 valence electrons. The van der Waals surface area contributed by atoms with Crippen molar-refractivity contribution in [3.05, 3.63) is 102 Å². The Morgan fingerprint density at radius 1 is 0.973 bits per heavy atom. The first-order valence-corrected chi connectivity index (χ1v) is 13.4. The molecular formula is C28H30N4O4S. The maximum atomic E-state index is 13.5. The lowest BCUT2D eigenvalue weighted by atomic mass is 10.2. The number of ether oxygens (including phenoxy) is 1. The second-order valence-corrected chi connectivity index (χ2v) is 10.4. The van der Waals surface area contributed by atoms with Gasteiger partial charge in [0.05, 0.1) is 17.2 Å². The largest absolute Gasteiger partial charge is 0.494 e. The Morgan fingerprint density at radius 3 is 2.24 bits per heavy atom. The zero-order valence-corrected chi connectivity index (χ0v) is 21.9. The van der Waals surface area contributed by atoms with Gasteiger partial charge in [-0.25, -0.2) is 13.4 Å². The number of nitrogens with one attached hydrogen (secondary N) is 1. The number of nitrogens with zero attached hydrogens (tertiary/aromatic N) is 3. The first kappa shape index (κ1) is 26.0. The van der Waals surface area contributed by atoms with Gasteiger partial charge >= 0.3 is 0 Å². The van der Waals surface area contributed by atoms with Crippen molar-refractivity contribution in [2.45, 2.75) is 32.2 Å². The average Bonchev–Trinajstić information content (AvgIpc) is 3.33. The number of aryl methyl sites for hydroxylation is 2. The van der Waals surface area contributed by atoms with Crippen LogP contribution in [0.15, 0.2) is 90.1 Å². The van der Waals surface area contributed by atoms with Crippen LogP contribution in [-0.4, -0.2) is 37.0 Å². The number of hydrogen-bond acceptors (Lipinski definition) is 5. The van der Waals surface area contributed by atoms with E-state index in [9.17, 15) is 13.2 Å². The highest BCUT2D eigenvalue weighted by molar-refractivity contribution is 7.92. The molecule has 8 nitrogen and oxygen atoms in total. The highest BCUT2D eigenvalue weighted by Crippen LogP contribution is 2.26. The summed E-state index contributed by atoms with van der Waals surface area (Å²) in [6.07, 6.45) is 3.63. The van der Waals surface area contributed by atoms with E-state index in [4.69, 9.17) is 4.74 Å². The molecule has 0 aliphatic rings. The summed E-state index contributed by atoms with van der Waals surface area (Å²) < 4.78 is 35.7. The minimum atomic E-state index is -3.99. The molecule has 0 fully saturated rings. The second kappa shape index (κ2) is 11.3. The van der Waals surface area contributed by atoms with Gasteiger partial charge < -0.3 is 14.6 Å². The number of aromatic nitrogens is 2. The van der Waals surface area contributed by atoms with Crippen LogP contribution in [-0.2, 0) is 21.4 Å². The van der Waals surface area contributed by atoms with Crippen LogP contribution in [0.4, 0.5) is 5.69 Å². The Morgan fingerprint density at radius 2 is 1.65 bits per heavy atom. The Hall–Kier alpha value is -4.11. The van der Waals surface area contributed by atoms with Crippen LogP contribution in [0.3, 0.4) is 0 Å². The van der Waals surface area contributed by atoms with Crippen LogP contribution in [0.25, 0.3) is 5.69 Å². The van der Waals surface area contributed by atoms with Gasteiger partial charge in [-0.1, -0.05) is 29.8 Å². The van der Waals surface area contributed by atoms with E-state index in [1.165, 1.54) is 0 Å². The zero-order chi connectivity index (χ0) is 26.4. The van der Waals surface area contributed by atoms with Gasteiger partial charge in [0.1, 0.15) is 18.1 Å². The van der Waals surface area contributed by atoms with Gasteiger partial charge in [-0.15, -0.1) is 0 Å². The zero-order valence-electron chi connectivity index (χ0n) is 21.1. The van der Waals surface area contributed by atoms with Gasteiger partial charge in [-0.05, 0) is 74.9 Å². The van der Waals surface area contributed by atoms with E-state index < -0.39 is 15.9 Å². The van der Waals surface area contributed by atoms with E-state index in [1.54, 1.807) is 54.7 Å². The number of sulfonamides is 1. The Labute approximate surface area is 217 Å². The van der Waals surface area contributed by atoms with E-state index >= 15 is 0 Å². The van der Waals surface area contributed by atoms with E-state index in [0.717, 1.165) is 26.9 Å². The normalized spacial score (nSPS) is 11.2. The van der Waals surface area contributed by atoms with Gasteiger partial charge in [0.15, 0.2) is 0 Å². The van der Waals surface area contributed by atoms with Crippen LogP contribution < -0.4 is 14.4 Å². The molecule has 3 aromatic carbocycles. The lowest BCUT2D eigenvalue weighted by molar-refractivity contribution is -0.119. The molecule has 1 aromatic heterocycles. The predicted molar refractivity (Wildman–Crippen MR) is 143 cm³/mol. The van der Waals surface area contributed by atoms with Crippen LogP contribution >= 0.6 is 0 Å². The number of amides is 1. The van der Waals surface area contributed by atoms with E-state index in [2.05, 4.69) is 10.3 Å². The number of hydrogen-bond donors (Lipinski definition) is 1. The van der Waals surface area contributed by atoms with Crippen molar-refractivity contribution in [1.82, 2.24) is 14.9 Å². The van der Waals surface area contributed by atoms with E-state index in [-0.39, 0.29) is 18.0 Å². The number of benzene rings is 3. The summed E-state index contributed by atoms with van der Waals surface area (Å²) in [7, 11) is -3.99. The number of rotatable bonds is 10. The number of imidazole rings is 1. The number of carbonyl (C=O) groups excluding carboxylic acids is 1. The Kier molecular flexibility index (Phi) is 7.93. The molecule has 0 saturated carbocycles. The third-order valence-electron chi connectivity index (χ3n) is 5.86. The first-order chi connectivity index (χ1) is 17.8. The molecule has 0 bridgehead atoms. The average molecular weight is 519 g/mol. The molecule has 1 N–H and O–H groups in total. The molecule has 0 spiro atoms. The van der Waals surface area contributed by atoms with E-state index in [0.29, 0.717) is 18.0 Å². The molecule has 9 heteroatoms. The number of anilines is 1.